The molecule has 3 saturated heterocycles. The van der Waals surface area contributed by atoms with E-state index in [9.17, 15) is 9.59 Å². The summed E-state index contributed by atoms with van der Waals surface area (Å²) in [6.45, 7) is 2.33. The van der Waals surface area contributed by atoms with Gasteiger partial charge in [-0.25, -0.2) is 0 Å². The van der Waals surface area contributed by atoms with Crippen molar-refractivity contribution in [3.63, 3.8) is 0 Å². The van der Waals surface area contributed by atoms with E-state index in [-0.39, 0.29) is 36.9 Å². The predicted molar refractivity (Wildman–Crippen MR) is 120 cm³/mol. The second-order valence-corrected chi connectivity index (χ2v) is 8.81. The summed E-state index contributed by atoms with van der Waals surface area (Å²) in [7, 11) is 0. The molecule has 0 spiro atoms. The highest BCUT2D eigenvalue weighted by Crippen LogP contribution is 2.42. The molecule has 2 N–H and O–H groups in total. The molecule has 5 heterocycles. The number of carbonyl (C=O) groups is 3. The van der Waals surface area contributed by atoms with E-state index in [1.54, 1.807) is 23.1 Å². The monoisotopic (exact) mass is 454 g/mol. The number of amides is 2. The molecular weight excluding hydrogens is 424 g/mol. The van der Waals surface area contributed by atoms with Gasteiger partial charge in [-0.3, -0.25) is 24.0 Å². The van der Waals surface area contributed by atoms with Crippen LogP contribution in [-0.4, -0.2) is 74.8 Å². The molecule has 5 rings (SSSR count). The molecule has 0 aromatic carbocycles. The molecule has 0 saturated carbocycles. The number of pyridine rings is 1. The van der Waals surface area contributed by atoms with Crippen molar-refractivity contribution in [2.24, 2.45) is 11.8 Å². The van der Waals surface area contributed by atoms with E-state index in [2.05, 4.69) is 37.3 Å². The highest BCUT2D eigenvalue weighted by molar-refractivity contribution is 5.79. The van der Waals surface area contributed by atoms with Crippen LogP contribution in [0, 0.1) is 11.8 Å². The first-order valence-electron chi connectivity index (χ1n) is 11.4. The minimum Gasteiger partial charge on any atom is -0.483 e. The fraction of sp³-hybridized carbons (Fsp3) is 0.522. The number of carbonyl (C=O) groups excluding carboxylic acids is 2. The fourth-order valence-electron chi connectivity index (χ4n) is 5.62. The molecular formula is C23H30N6O4. The molecule has 3 aliphatic heterocycles. The van der Waals surface area contributed by atoms with Crippen molar-refractivity contribution in [2.45, 2.75) is 44.3 Å². The summed E-state index contributed by atoms with van der Waals surface area (Å²) in [6.07, 6.45) is 10.9. The molecule has 2 amide bonds. The molecule has 176 valence electrons. The van der Waals surface area contributed by atoms with E-state index in [0.717, 1.165) is 32.4 Å². The molecule has 10 heteroatoms. The number of fused-ring (bicyclic) bond motifs is 4. The molecule has 2 bridgehead atoms. The smallest absolute Gasteiger partial charge is 0.290 e. The quantitative estimate of drug-likeness (QED) is 0.647. The Morgan fingerprint density at radius 3 is 2.70 bits per heavy atom. The van der Waals surface area contributed by atoms with Crippen molar-refractivity contribution >= 4 is 24.0 Å². The third-order valence-corrected chi connectivity index (χ3v) is 6.90. The highest BCUT2D eigenvalue weighted by atomic mass is 16.3. The number of hydrogen-bond donors (Lipinski definition) is 2. The summed E-state index contributed by atoms with van der Waals surface area (Å²) in [5, 5.41) is 14.1. The summed E-state index contributed by atoms with van der Waals surface area (Å²) >= 11 is 0. The lowest BCUT2D eigenvalue weighted by atomic mass is 9.72. The van der Waals surface area contributed by atoms with Gasteiger partial charge in [0.05, 0.1) is 6.04 Å². The van der Waals surface area contributed by atoms with Crippen molar-refractivity contribution in [1.29, 1.82) is 0 Å². The number of carboxylic acid groups (broad SMARTS) is 1. The van der Waals surface area contributed by atoms with Crippen LogP contribution in [0.5, 0.6) is 0 Å². The van der Waals surface area contributed by atoms with Gasteiger partial charge in [-0.15, -0.1) is 0 Å². The number of nitrogens with zero attached hydrogens (tertiary/aromatic N) is 5. The van der Waals surface area contributed by atoms with E-state index in [1.165, 1.54) is 5.69 Å². The zero-order valence-electron chi connectivity index (χ0n) is 18.5. The molecule has 3 fully saturated rings. The zero-order valence-corrected chi connectivity index (χ0v) is 18.5. The Labute approximate surface area is 192 Å². The van der Waals surface area contributed by atoms with Crippen LogP contribution in [0.1, 0.15) is 25.7 Å². The summed E-state index contributed by atoms with van der Waals surface area (Å²) < 4.78 is 1.62. The van der Waals surface area contributed by atoms with Crippen molar-refractivity contribution < 1.29 is 19.5 Å². The minimum atomic E-state index is -0.250. The van der Waals surface area contributed by atoms with Gasteiger partial charge in [-0.1, -0.05) is 0 Å². The predicted octanol–water partition coefficient (Wildman–Crippen LogP) is 1.00. The van der Waals surface area contributed by atoms with Crippen LogP contribution in [-0.2, 0) is 20.9 Å². The maximum Gasteiger partial charge on any atom is 0.290 e. The number of anilines is 1. The van der Waals surface area contributed by atoms with Crippen LogP contribution in [0.4, 0.5) is 5.69 Å². The molecule has 0 aliphatic carbocycles. The van der Waals surface area contributed by atoms with Crippen LogP contribution >= 0.6 is 0 Å². The average Bonchev–Trinajstić information content (AvgIpc) is 3.33. The first-order chi connectivity index (χ1) is 16.1. The fourth-order valence-corrected chi connectivity index (χ4v) is 5.62. The summed E-state index contributed by atoms with van der Waals surface area (Å²) in [5.41, 5.74) is 1.19. The summed E-state index contributed by atoms with van der Waals surface area (Å²) in [6, 6.07) is 6.25. The molecule has 33 heavy (non-hydrogen) atoms. The van der Waals surface area contributed by atoms with E-state index in [0.29, 0.717) is 24.8 Å². The van der Waals surface area contributed by atoms with Crippen LogP contribution in [0.25, 0.3) is 0 Å². The second-order valence-electron chi connectivity index (χ2n) is 8.81. The number of aromatic nitrogens is 3. The largest absolute Gasteiger partial charge is 0.483 e. The molecule has 4 atom stereocenters. The second kappa shape index (κ2) is 10.5. The van der Waals surface area contributed by atoms with E-state index in [4.69, 9.17) is 9.90 Å². The van der Waals surface area contributed by atoms with Crippen LogP contribution < -0.4 is 10.2 Å². The van der Waals surface area contributed by atoms with Crippen molar-refractivity contribution in [1.82, 2.24) is 25.0 Å². The Morgan fingerprint density at radius 1 is 1.21 bits per heavy atom. The molecule has 3 aliphatic rings. The Hall–Kier alpha value is -3.43. The standard InChI is InChI=1S/C22H28N6O2.CH2O2/c29-21(15-27-10-2-7-25-27)24-12-20-17-11-16(19-3-1-4-22(30)28(19)20)13-26(14-17)18-5-8-23-9-6-18;2-1-3/h2,5-10,16-17,19-20H,1,3-4,11-15H2,(H,24,29);1H,(H,2,3)/t16-,17+,19+,20+;/m1./s1. The van der Waals surface area contributed by atoms with Crippen molar-refractivity contribution in [3.05, 3.63) is 43.0 Å². The molecule has 2 aromatic heterocycles. The average molecular weight is 455 g/mol. The first-order valence-corrected chi connectivity index (χ1v) is 11.4. The normalized spacial score (nSPS) is 26.0. The van der Waals surface area contributed by atoms with Crippen LogP contribution in [0.2, 0.25) is 0 Å². The third-order valence-electron chi connectivity index (χ3n) is 6.90. The molecule has 0 unspecified atom stereocenters. The zero-order chi connectivity index (χ0) is 23.2. The molecule has 2 aromatic rings. The van der Waals surface area contributed by atoms with E-state index >= 15 is 0 Å². The van der Waals surface area contributed by atoms with Gasteiger partial charge in [-0.2, -0.15) is 5.10 Å². The first kappa shape index (κ1) is 22.8. The van der Waals surface area contributed by atoms with Crippen LogP contribution in [0.3, 0.4) is 0 Å². The van der Waals surface area contributed by atoms with E-state index < -0.39 is 0 Å². The lowest BCUT2D eigenvalue weighted by Crippen LogP contribution is -2.67. The maximum atomic E-state index is 12.9. The molecule has 10 nitrogen and oxygen atoms in total. The van der Waals surface area contributed by atoms with Gasteiger partial charge in [0.2, 0.25) is 11.8 Å². The van der Waals surface area contributed by atoms with Crippen molar-refractivity contribution in [3.8, 4) is 0 Å². The number of rotatable bonds is 5. The SMILES string of the molecule is O=C(Cn1cccn1)NC[C@H]1[C@H]2C[C@H](CN(c3ccncc3)C2)[C@@H]2CCCC(=O)N21.O=CO. The summed E-state index contributed by atoms with van der Waals surface area (Å²) in [4.78, 5) is 42.4. The minimum absolute atomic E-state index is 0.0465. The highest BCUT2D eigenvalue weighted by Gasteiger charge is 2.49. The van der Waals surface area contributed by atoms with Gasteiger partial charge < -0.3 is 20.2 Å². The lowest BCUT2D eigenvalue weighted by molar-refractivity contribution is -0.149. The maximum absolute atomic E-state index is 12.9. The van der Waals surface area contributed by atoms with E-state index in [1.807, 2.05) is 12.4 Å². The Balaban J connectivity index is 0.000000821. The lowest BCUT2D eigenvalue weighted by Gasteiger charge is -2.57. The van der Waals surface area contributed by atoms with Gasteiger partial charge in [0, 0.05) is 62.6 Å². The van der Waals surface area contributed by atoms with Gasteiger partial charge in [0.1, 0.15) is 6.54 Å². The number of hydrogen-bond acceptors (Lipinski definition) is 6. The van der Waals surface area contributed by atoms with Gasteiger partial charge in [-0.05, 0) is 49.3 Å². The molecule has 0 radical (unpaired) electrons. The van der Waals surface area contributed by atoms with Gasteiger partial charge >= 0.3 is 0 Å². The Bertz CT molecular complexity index is 938. The Morgan fingerprint density at radius 2 is 1.97 bits per heavy atom. The van der Waals surface area contributed by atoms with Gasteiger partial charge in [0.15, 0.2) is 0 Å². The van der Waals surface area contributed by atoms with Crippen molar-refractivity contribution in [2.75, 3.05) is 24.5 Å². The number of nitrogens with one attached hydrogen (secondary N) is 1. The number of piperidine rings is 3. The third kappa shape index (κ3) is 5.15. The van der Waals surface area contributed by atoms with Crippen LogP contribution in [0.15, 0.2) is 43.0 Å². The summed E-state index contributed by atoms with van der Waals surface area (Å²) in [5.74, 6) is 1.02. The Kier molecular flexibility index (Phi) is 7.21. The topological polar surface area (TPSA) is 121 Å². The van der Waals surface area contributed by atoms with Gasteiger partial charge in [0.25, 0.3) is 6.47 Å².